The normalized spacial score (nSPS) is 30.7. The van der Waals surface area contributed by atoms with Gasteiger partial charge in [-0.25, -0.2) is 4.98 Å². The second-order valence-electron chi connectivity index (χ2n) is 7.51. The van der Waals surface area contributed by atoms with Crippen molar-refractivity contribution in [2.45, 2.75) is 57.8 Å². The van der Waals surface area contributed by atoms with Crippen LogP contribution in [0.2, 0.25) is 0 Å². The molecule has 1 aliphatic carbocycles. The zero-order valence-corrected chi connectivity index (χ0v) is 14.5. The summed E-state index contributed by atoms with van der Waals surface area (Å²) in [6.07, 6.45) is 7.67. The van der Waals surface area contributed by atoms with E-state index < -0.39 is 0 Å². The molecule has 1 saturated heterocycles. The lowest BCUT2D eigenvalue weighted by atomic mass is 9.53. The first-order valence-electron chi connectivity index (χ1n) is 9.48. The van der Waals surface area contributed by atoms with Crippen molar-refractivity contribution in [2.75, 3.05) is 13.1 Å². The molecule has 1 aromatic heterocycles. The Kier molecular flexibility index (Phi) is 3.92. The van der Waals surface area contributed by atoms with Crippen molar-refractivity contribution in [1.29, 1.82) is 0 Å². The molecule has 2 fully saturated rings. The monoisotopic (exact) mass is 311 g/mol. The third kappa shape index (κ3) is 2.24. The highest BCUT2D eigenvalue weighted by Gasteiger charge is 2.50. The molecule has 3 heteroatoms. The number of piperidine rings is 1. The first kappa shape index (κ1) is 15.2. The number of H-pyrrole nitrogens is 1. The Bertz CT molecular complexity index is 665. The van der Waals surface area contributed by atoms with Gasteiger partial charge in [-0.05, 0) is 55.8 Å². The highest BCUT2D eigenvalue weighted by molar-refractivity contribution is 5.80. The van der Waals surface area contributed by atoms with Crippen molar-refractivity contribution >= 4 is 11.0 Å². The minimum Gasteiger partial charge on any atom is -0.342 e. The molecule has 3 nitrogen and oxygen atoms in total. The van der Waals surface area contributed by atoms with Gasteiger partial charge < -0.3 is 10.3 Å². The third-order valence-electron chi connectivity index (χ3n) is 6.41. The van der Waals surface area contributed by atoms with E-state index in [2.05, 4.69) is 42.3 Å². The van der Waals surface area contributed by atoms with Crippen LogP contribution in [0.1, 0.15) is 57.3 Å². The molecule has 2 unspecified atom stereocenters. The minimum absolute atomic E-state index is 0.331. The van der Waals surface area contributed by atoms with E-state index in [0.29, 0.717) is 5.41 Å². The average Bonchev–Trinajstić information content (AvgIpc) is 2.97. The molecule has 2 aliphatic rings. The molecule has 2 N–H and O–H groups in total. The van der Waals surface area contributed by atoms with Crippen LogP contribution >= 0.6 is 0 Å². The van der Waals surface area contributed by atoms with Crippen LogP contribution in [0.4, 0.5) is 0 Å². The maximum Gasteiger partial charge on any atom is 0.106 e. The quantitative estimate of drug-likeness (QED) is 0.889. The van der Waals surface area contributed by atoms with Gasteiger partial charge in [0.25, 0.3) is 0 Å². The first-order valence-corrected chi connectivity index (χ1v) is 9.48. The number of hydrogen-bond donors (Lipinski definition) is 2. The summed E-state index contributed by atoms with van der Waals surface area (Å²) in [4.78, 5) is 8.51. The van der Waals surface area contributed by atoms with E-state index >= 15 is 0 Å². The van der Waals surface area contributed by atoms with Crippen molar-refractivity contribution in [3.63, 3.8) is 0 Å². The molecule has 2 atom stereocenters. The number of aromatic nitrogens is 2. The summed E-state index contributed by atoms with van der Waals surface area (Å²) in [6, 6.07) is 6.82. The average molecular weight is 311 g/mol. The molecule has 2 heterocycles. The Balaban J connectivity index is 1.92. The predicted molar refractivity (Wildman–Crippen MR) is 95.8 cm³/mol. The van der Waals surface area contributed by atoms with E-state index in [9.17, 15) is 0 Å². The Morgan fingerprint density at radius 3 is 2.65 bits per heavy atom. The zero-order valence-electron chi connectivity index (χ0n) is 14.5. The number of nitrogens with one attached hydrogen (secondary N) is 2. The molecule has 1 saturated carbocycles. The third-order valence-corrected chi connectivity index (χ3v) is 6.41. The van der Waals surface area contributed by atoms with E-state index in [1.165, 1.54) is 61.8 Å². The van der Waals surface area contributed by atoms with Crippen LogP contribution in [0.5, 0.6) is 0 Å². The summed E-state index contributed by atoms with van der Waals surface area (Å²) in [5.74, 6) is 2.66. The maximum absolute atomic E-state index is 4.98. The molecule has 0 spiro atoms. The van der Waals surface area contributed by atoms with Crippen molar-refractivity contribution in [1.82, 2.24) is 15.3 Å². The molecular formula is C20H29N3. The van der Waals surface area contributed by atoms with Gasteiger partial charge in [0.1, 0.15) is 5.82 Å². The molecule has 0 amide bonds. The minimum atomic E-state index is 0.331. The standard InChI is InChI=1S/C20H29N3/c1-3-11-20(14-7-5-8-15(20)13-21-12-14)16-9-6-10-17-19(16)23-18(4-2)22-17/h6,9-10,14-15,21H,3-5,7-8,11-13H2,1-2H3,(H,22,23). The molecule has 0 radical (unpaired) electrons. The fourth-order valence-corrected chi connectivity index (χ4v) is 5.48. The summed E-state index contributed by atoms with van der Waals surface area (Å²) in [5, 5.41) is 3.71. The summed E-state index contributed by atoms with van der Waals surface area (Å²) in [5.41, 5.74) is 4.34. The van der Waals surface area contributed by atoms with E-state index in [4.69, 9.17) is 4.98 Å². The maximum atomic E-state index is 4.98. The summed E-state index contributed by atoms with van der Waals surface area (Å²) in [7, 11) is 0. The molecule has 2 bridgehead atoms. The van der Waals surface area contributed by atoms with Gasteiger partial charge in [-0.3, -0.25) is 0 Å². The number of hydrogen-bond acceptors (Lipinski definition) is 2. The molecular weight excluding hydrogens is 282 g/mol. The van der Waals surface area contributed by atoms with Crippen LogP contribution in [0.15, 0.2) is 18.2 Å². The van der Waals surface area contributed by atoms with Gasteiger partial charge in [-0.15, -0.1) is 0 Å². The van der Waals surface area contributed by atoms with Gasteiger partial charge in [0, 0.05) is 11.8 Å². The molecule has 4 rings (SSSR count). The Morgan fingerprint density at radius 1 is 1.17 bits per heavy atom. The van der Waals surface area contributed by atoms with Crippen molar-refractivity contribution in [3.05, 3.63) is 29.6 Å². The number of imidazole rings is 1. The number of para-hydroxylation sites is 1. The molecule has 1 aliphatic heterocycles. The predicted octanol–water partition coefficient (Wildman–Crippen LogP) is 4.18. The second-order valence-corrected chi connectivity index (χ2v) is 7.51. The highest BCUT2D eigenvalue weighted by Crippen LogP contribution is 2.53. The zero-order chi connectivity index (χ0) is 15.9. The van der Waals surface area contributed by atoms with Gasteiger partial charge in [0.05, 0.1) is 11.0 Å². The summed E-state index contributed by atoms with van der Waals surface area (Å²) >= 11 is 0. The van der Waals surface area contributed by atoms with Crippen LogP contribution in [0.25, 0.3) is 11.0 Å². The lowest BCUT2D eigenvalue weighted by molar-refractivity contribution is 0.0587. The van der Waals surface area contributed by atoms with Gasteiger partial charge in [0.15, 0.2) is 0 Å². The van der Waals surface area contributed by atoms with Crippen LogP contribution < -0.4 is 5.32 Å². The fourth-order valence-electron chi connectivity index (χ4n) is 5.48. The van der Waals surface area contributed by atoms with Gasteiger partial charge in [-0.1, -0.05) is 38.8 Å². The number of aromatic amines is 1. The largest absolute Gasteiger partial charge is 0.342 e. The first-order chi connectivity index (χ1) is 11.3. The molecule has 23 heavy (non-hydrogen) atoms. The SMILES string of the molecule is CCCC1(c2cccc3[nH]c(CC)nc23)C2CCCC1CNC2. The molecule has 1 aromatic carbocycles. The van der Waals surface area contributed by atoms with Crippen molar-refractivity contribution in [2.24, 2.45) is 11.8 Å². The topological polar surface area (TPSA) is 40.7 Å². The number of benzene rings is 1. The van der Waals surface area contributed by atoms with Gasteiger partial charge >= 0.3 is 0 Å². The lowest BCUT2D eigenvalue weighted by Crippen LogP contribution is -2.56. The van der Waals surface area contributed by atoms with Crippen LogP contribution in [0, 0.1) is 11.8 Å². The van der Waals surface area contributed by atoms with Crippen LogP contribution in [-0.4, -0.2) is 23.1 Å². The second kappa shape index (κ2) is 5.94. The smallest absolute Gasteiger partial charge is 0.106 e. The van der Waals surface area contributed by atoms with Crippen molar-refractivity contribution < 1.29 is 0 Å². The van der Waals surface area contributed by atoms with Gasteiger partial charge in [-0.2, -0.15) is 0 Å². The molecule has 124 valence electrons. The van der Waals surface area contributed by atoms with Gasteiger partial charge in [0.2, 0.25) is 0 Å². The van der Waals surface area contributed by atoms with Crippen LogP contribution in [0.3, 0.4) is 0 Å². The van der Waals surface area contributed by atoms with E-state index in [-0.39, 0.29) is 0 Å². The van der Waals surface area contributed by atoms with Crippen LogP contribution in [-0.2, 0) is 11.8 Å². The van der Waals surface area contributed by atoms with E-state index in [1.54, 1.807) is 0 Å². The van der Waals surface area contributed by atoms with E-state index in [0.717, 1.165) is 24.1 Å². The summed E-state index contributed by atoms with van der Waals surface area (Å²) < 4.78 is 0. The number of rotatable bonds is 4. The highest BCUT2D eigenvalue weighted by atomic mass is 14.9. The summed E-state index contributed by atoms with van der Waals surface area (Å²) in [6.45, 7) is 6.88. The lowest BCUT2D eigenvalue weighted by Gasteiger charge is -2.54. The van der Waals surface area contributed by atoms with Crippen molar-refractivity contribution in [3.8, 4) is 0 Å². The number of aryl methyl sites for hydroxylation is 1. The Hall–Kier alpha value is -1.35. The fraction of sp³-hybridized carbons (Fsp3) is 0.650. The Morgan fingerprint density at radius 2 is 1.96 bits per heavy atom. The number of nitrogens with zero attached hydrogens (tertiary/aromatic N) is 1. The molecule has 2 aromatic rings. The Labute approximate surface area is 139 Å². The van der Waals surface area contributed by atoms with E-state index in [1.807, 2.05) is 0 Å². The number of fused-ring (bicyclic) bond motifs is 3.